The van der Waals surface area contributed by atoms with E-state index in [1.807, 2.05) is 30.5 Å². The van der Waals surface area contributed by atoms with Gasteiger partial charge >= 0.3 is 0 Å². The van der Waals surface area contributed by atoms with Gasteiger partial charge in [-0.2, -0.15) is 0 Å². The number of pyridine rings is 1. The van der Waals surface area contributed by atoms with E-state index in [4.69, 9.17) is 10.5 Å². The van der Waals surface area contributed by atoms with Crippen LogP contribution < -0.4 is 5.73 Å². The summed E-state index contributed by atoms with van der Waals surface area (Å²) in [7, 11) is 0. The summed E-state index contributed by atoms with van der Waals surface area (Å²) in [6, 6.07) is 7.97. The Morgan fingerprint density at radius 2 is 2.20 bits per heavy atom. The van der Waals surface area contributed by atoms with Gasteiger partial charge in [-0.1, -0.05) is 24.3 Å². The number of aromatic nitrogens is 1. The minimum absolute atomic E-state index is 0.399. The number of aliphatic hydroxyl groups excluding tert-OH is 1. The number of hydrogen-bond donors (Lipinski definition) is 2. The van der Waals surface area contributed by atoms with Crippen molar-refractivity contribution in [3.63, 3.8) is 0 Å². The Hall–Kier alpha value is -1.49. The average Bonchev–Trinajstić information content (AvgIpc) is 2.54. The number of fused-ring (bicyclic) bond motifs is 1. The first-order valence-corrected chi connectivity index (χ1v) is 7.05. The molecule has 106 valence electrons. The number of hydrogen-bond acceptors (Lipinski definition) is 4. The van der Waals surface area contributed by atoms with Gasteiger partial charge in [-0.3, -0.25) is 4.98 Å². The molecule has 0 amide bonds. The van der Waals surface area contributed by atoms with Crippen LogP contribution >= 0.6 is 0 Å². The topological polar surface area (TPSA) is 68.4 Å². The number of ether oxygens (including phenoxy) is 1. The molecule has 3 rings (SSSR count). The van der Waals surface area contributed by atoms with Crippen LogP contribution in [0, 0.1) is 5.41 Å². The van der Waals surface area contributed by atoms with E-state index >= 15 is 0 Å². The third kappa shape index (κ3) is 2.20. The summed E-state index contributed by atoms with van der Waals surface area (Å²) >= 11 is 0. The maximum absolute atomic E-state index is 10.9. The van der Waals surface area contributed by atoms with E-state index in [2.05, 4.69) is 4.98 Å². The van der Waals surface area contributed by atoms with E-state index < -0.39 is 11.5 Å². The van der Waals surface area contributed by atoms with Crippen LogP contribution in [-0.4, -0.2) is 29.8 Å². The molecule has 0 bridgehead atoms. The lowest BCUT2D eigenvalue weighted by Crippen LogP contribution is -2.43. The Morgan fingerprint density at radius 3 is 2.95 bits per heavy atom. The highest BCUT2D eigenvalue weighted by atomic mass is 16.5. The fourth-order valence-corrected chi connectivity index (χ4v) is 3.05. The first kappa shape index (κ1) is 13.5. The van der Waals surface area contributed by atoms with Crippen LogP contribution in [0.15, 0.2) is 36.7 Å². The van der Waals surface area contributed by atoms with Gasteiger partial charge < -0.3 is 15.6 Å². The van der Waals surface area contributed by atoms with Crippen LogP contribution in [0.25, 0.3) is 10.8 Å². The minimum atomic E-state index is -0.647. The third-order valence-electron chi connectivity index (χ3n) is 4.33. The zero-order valence-corrected chi connectivity index (χ0v) is 11.5. The largest absolute Gasteiger partial charge is 0.388 e. The molecule has 4 nitrogen and oxygen atoms in total. The van der Waals surface area contributed by atoms with Crippen LogP contribution in [0.1, 0.15) is 24.5 Å². The molecule has 1 saturated heterocycles. The summed E-state index contributed by atoms with van der Waals surface area (Å²) in [5.41, 5.74) is 6.41. The predicted octanol–water partition coefficient (Wildman–Crippen LogP) is 2.02. The second-order valence-electron chi connectivity index (χ2n) is 5.58. The second-order valence-corrected chi connectivity index (χ2v) is 5.58. The van der Waals surface area contributed by atoms with Crippen LogP contribution in [0.4, 0.5) is 0 Å². The average molecular weight is 272 g/mol. The van der Waals surface area contributed by atoms with Gasteiger partial charge in [0.15, 0.2) is 0 Å². The first-order valence-electron chi connectivity index (χ1n) is 7.05. The van der Waals surface area contributed by atoms with Crippen molar-refractivity contribution in [2.24, 2.45) is 11.1 Å². The van der Waals surface area contributed by atoms with Crippen molar-refractivity contribution in [2.45, 2.75) is 18.9 Å². The maximum Gasteiger partial charge on any atom is 0.0901 e. The molecule has 0 spiro atoms. The zero-order chi connectivity index (χ0) is 14.0. The lowest BCUT2D eigenvalue weighted by atomic mass is 9.74. The normalized spacial score (nSPS) is 24.7. The Kier molecular flexibility index (Phi) is 3.70. The molecule has 0 radical (unpaired) electrons. The van der Waals surface area contributed by atoms with E-state index in [0.29, 0.717) is 13.2 Å². The molecule has 2 unspecified atom stereocenters. The number of nitrogens with zero attached hydrogens (tertiary/aromatic N) is 1. The van der Waals surface area contributed by atoms with E-state index in [9.17, 15) is 5.11 Å². The van der Waals surface area contributed by atoms with Crippen LogP contribution in [0.2, 0.25) is 0 Å². The van der Waals surface area contributed by atoms with Crippen molar-refractivity contribution in [3.8, 4) is 0 Å². The Morgan fingerprint density at radius 1 is 1.35 bits per heavy atom. The van der Waals surface area contributed by atoms with Gasteiger partial charge in [0, 0.05) is 41.9 Å². The van der Waals surface area contributed by atoms with Crippen LogP contribution in [-0.2, 0) is 4.74 Å². The highest BCUT2D eigenvalue weighted by molar-refractivity contribution is 5.85. The lowest BCUT2D eigenvalue weighted by Gasteiger charge is -2.40. The molecule has 4 heteroatoms. The lowest BCUT2D eigenvalue weighted by molar-refractivity contribution is -0.0777. The van der Waals surface area contributed by atoms with Crippen molar-refractivity contribution < 1.29 is 9.84 Å². The summed E-state index contributed by atoms with van der Waals surface area (Å²) in [5.74, 6) is 0. The van der Waals surface area contributed by atoms with E-state index in [0.717, 1.165) is 35.8 Å². The van der Waals surface area contributed by atoms with E-state index in [1.165, 1.54) is 0 Å². The third-order valence-corrected chi connectivity index (χ3v) is 4.33. The molecule has 2 atom stereocenters. The number of benzene rings is 1. The van der Waals surface area contributed by atoms with E-state index in [1.54, 1.807) is 6.20 Å². The van der Waals surface area contributed by atoms with Crippen LogP contribution in [0.3, 0.4) is 0 Å². The molecule has 1 aromatic carbocycles. The van der Waals surface area contributed by atoms with Crippen molar-refractivity contribution >= 4 is 10.8 Å². The van der Waals surface area contributed by atoms with Gasteiger partial charge in [0.05, 0.1) is 12.7 Å². The predicted molar refractivity (Wildman–Crippen MR) is 78.2 cm³/mol. The Balaban J connectivity index is 2.05. The van der Waals surface area contributed by atoms with Crippen molar-refractivity contribution in [1.29, 1.82) is 0 Å². The van der Waals surface area contributed by atoms with Gasteiger partial charge in [-0.15, -0.1) is 0 Å². The summed E-state index contributed by atoms with van der Waals surface area (Å²) in [6.45, 7) is 1.67. The minimum Gasteiger partial charge on any atom is -0.388 e. The Bertz CT molecular complexity index is 589. The monoisotopic (exact) mass is 272 g/mol. The SMILES string of the molecule is NCC1(C(O)c2cncc3ccccc23)CCCOC1. The molecule has 2 heterocycles. The number of nitrogens with two attached hydrogens (primary N) is 1. The molecule has 3 N–H and O–H groups in total. The molecule has 1 aliphatic heterocycles. The highest BCUT2D eigenvalue weighted by Gasteiger charge is 2.40. The molecule has 1 fully saturated rings. The maximum atomic E-state index is 10.9. The molecule has 1 aliphatic rings. The summed E-state index contributed by atoms with van der Waals surface area (Å²) in [4.78, 5) is 4.25. The fourth-order valence-electron chi connectivity index (χ4n) is 3.05. The molecule has 1 aromatic heterocycles. The van der Waals surface area contributed by atoms with Crippen molar-refractivity contribution in [1.82, 2.24) is 4.98 Å². The quantitative estimate of drug-likeness (QED) is 0.897. The molecule has 0 saturated carbocycles. The smallest absolute Gasteiger partial charge is 0.0901 e. The van der Waals surface area contributed by atoms with Crippen LogP contribution in [0.5, 0.6) is 0 Å². The molecular formula is C16H20N2O2. The summed E-state index contributed by atoms with van der Waals surface area (Å²) in [6.07, 6.45) is 4.74. The summed E-state index contributed by atoms with van der Waals surface area (Å²) < 4.78 is 5.57. The molecule has 2 aromatic rings. The zero-order valence-electron chi connectivity index (χ0n) is 11.5. The molecule has 0 aliphatic carbocycles. The van der Waals surface area contributed by atoms with Crippen molar-refractivity contribution in [2.75, 3.05) is 19.8 Å². The Labute approximate surface area is 118 Å². The number of rotatable bonds is 3. The highest BCUT2D eigenvalue weighted by Crippen LogP contribution is 2.41. The second kappa shape index (κ2) is 5.48. The molecule has 20 heavy (non-hydrogen) atoms. The van der Waals surface area contributed by atoms with Gasteiger partial charge in [0.1, 0.15) is 0 Å². The van der Waals surface area contributed by atoms with E-state index in [-0.39, 0.29) is 0 Å². The summed E-state index contributed by atoms with van der Waals surface area (Å²) in [5, 5.41) is 13.0. The standard InChI is InChI=1S/C16H20N2O2/c17-10-16(6-3-7-20-11-16)15(19)14-9-18-8-12-4-1-2-5-13(12)14/h1-2,4-5,8-9,15,19H,3,6-7,10-11,17H2. The molecular weight excluding hydrogens is 252 g/mol. The van der Waals surface area contributed by atoms with Gasteiger partial charge in [-0.25, -0.2) is 0 Å². The van der Waals surface area contributed by atoms with Crippen molar-refractivity contribution in [3.05, 3.63) is 42.2 Å². The van der Waals surface area contributed by atoms with Gasteiger partial charge in [0.2, 0.25) is 0 Å². The van der Waals surface area contributed by atoms with Gasteiger partial charge in [0.25, 0.3) is 0 Å². The fraction of sp³-hybridized carbons (Fsp3) is 0.438. The number of aliphatic hydroxyl groups is 1. The first-order chi connectivity index (χ1) is 9.77. The van der Waals surface area contributed by atoms with Gasteiger partial charge in [-0.05, 0) is 18.2 Å².